The Morgan fingerprint density at radius 3 is 1.35 bits per heavy atom. The Kier molecular flexibility index (Phi) is 9.96. The van der Waals surface area contributed by atoms with E-state index in [2.05, 4.69) is 0 Å². The molecule has 14 heteroatoms. The van der Waals surface area contributed by atoms with Crippen LogP contribution in [0.2, 0.25) is 10.0 Å². The monoisotopic (exact) mass is 573 g/mol. The molecule has 0 aliphatic heterocycles. The smallest absolute Gasteiger partial charge is 0.336 e. The summed E-state index contributed by atoms with van der Waals surface area (Å²) in [5, 5.41) is 22.8. The predicted molar refractivity (Wildman–Crippen MR) is 129 cm³/mol. The molecule has 0 atom stereocenters. The molecule has 0 spiro atoms. The van der Waals surface area contributed by atoms with Gasteiger partial charge in [-0.3, -0.25) is 0 Å². The third-order valence-corrected chi connectivity index (χ3v) is 7.64. The number of rotatable bonds is 6. The van der Waals surface area contributed by atoms with E-state index in [-0.39, 0.29) is 42.8 Å². The minimum Gasteiger partial charge on any atom is -0.478 e. The lowest BCUT2D eigenvalue weighted by molar-refractivity contribution is 0.0684. The molecule has 188 valence electrons. The van der Waals surface area contributed by atoms with Crippen LogP contribution in [-0.4, -0.2) is 39.0 Å². The lowest BCUT2D eigenvalue weighted by Crippen LogP contribution is -2.15. The molecule has 9 nitrogen and oxygen atoms in total. The molecule has 0 aliphatic rings. The number of aromatic carboxylic acids is 2. The Balaban J connectivity index is 0.000000340. The first kappa shape index (κ1) is 30.1. The van der Waals surface area contributed by atoms with Gasteiger partial charge in [0.2, 0.25) is 10.0 Å². The molecule has 0 fully saturated rings. The van der Waals surface area contributed by atoms with Crippen molar-refractivity contribution >= 4 is 64.9 Å². The van der Waals surface area contributed by atoms with Crippen molar-refractivity contribution in [3.05, 3.63) is 56.6 Å². The number of nitrogens with two attached hydrogens (primary N) is 1. The molecule has 34 heavy (non-hydrogen) atoms. The van der Waals surface area contributed by atoms with Crippen LogP contribution in [0.1, 0.15) is 71.4 Å². The number of carbonyl (C=O) groups is 2. The van der Waals surface area contributed by atoms with Gasteiger partial charge in [0, 0.05) is 10.7 Å². The largest absolute Gasteiger partial charge is 0.478 e. The summed E-state index contributed by atoms with van der Waals surface area (Å²) in [6.07, 6.45) is 0. The first-order valence-corrected chi connectivity index (χ1v) is 14.0. The Morgan fingerprint density at radius 2 is 1.09 bits per heavy atom. The number of hydrogen-bond acceptors (Lipinski definition) is 6. The lowest BCUT2D eigenvalue weighted by atomic mass is 9.97. The summed E-state index contributed by atoms with van der Waals surface area (Å²) in [4.78, 5) is 21.3. The SMILES string of the molecule is CC(C)c1cc(Cl)c(S(=O)(=O)Cl)cc1C(=O)O.CC(C)c1cc(Cl)c(S(N)(=O)=O)cc1C(=O)O. The summed E-state index contributed by atoms with van der Waals surface area (Å²) in [5.74, 6) is -2.61. The zero-order valence-corrected chi connectivity index (χ0v) is 22.2. The van der Waals surface area contributed by atoms with Crippen molar-refractivity contribution in [1.29, 1.82) is 0 Å². The molecule has 0 saturated carbocycles. The van der Waals surface area contributed by atoms with Gasteiger partial charge in [0.15, 0.2) is 0 Å². The minimum absolute atomic E-state index is 0.0683. The Morgan fingerprint density at radius 1 is 0.765 bits per heavy atom. The zero-order valence-electron chi connectivity index (χ0n) is 18.3. The van der Waals surface area contributed by atoms with E-state index in [1.165, 1.54) is 12.1 Å². The molecule has 0 aromatic heterocycles. The van der Waals surface area contributed by atoms with Crippen molar-refractivity contribution in [1.82, 2.24) is 0 Å². The molecule has 0 heterocycles. The third-order valence-electron chi connectivity index (χ3n) is 4.48. The van der Waals surface area contributed by atoms with Gasteiger partial charge in [0.05, 0.1) is 21.2 Å². The van der Waals surface area contributed by atoms with E-state index < -0.39 is 31.0 Å². The fourth-order valence-corrected chi connectivity index (χ4v) is 5.50. The maximum absolute atomic E-state index is 11.2. The standard InChI is InChI=1S/C10H10Cl2O4S.C10H12ClNO4S/c2*1-5(2)6-3-8(11)9(17(12,15)16)4-7(6)10(13)14/h3-5H,1-2H3,(H,13,14);3-5H,1-2H3,(H,13,14)(H2,12,15,16). The van der Waals surface area contributed by atoms with E-state index in [0.29, 0.717) is 11.1 Å². The van der Waals surface area contributed by atoms with Crippen LogP contribution in [0.4, 0.5) is 0 Å². The highest BCUT2D eigenvalue weighted by Gasteiger charge is 2.23. The fraction of sp³-hybridized carbons (Fsp3) is 0.300. The molecule has 0 aliphatic carbocycles. The number of primary sulfonamides is 1. The average Bonchev–Trinajstić information content (AvgIpc) is 2.65. The van der Waals surface area contributed by atoms with Crippen LogP contribution in [0.15, 0.2) is 34.1 Å². The van der Waals surface area contributed by atoms with E-state index >= 15 is 0 Å². The van der Waals surface area contributed by atoms with Crippen LogP contribution in [0.3, 0.4) is 0 Å². The quantitative estimate of drug-likeness (QED) is 0.409. The summed E-state index contributed by atoms with van der Waals surface area (Å²) >= 11 is 11.6. The molecule has 0 unspecified atom stereocenters. The van der Waals surface area contributed by atoms with Gasteiger partial charge < -0.3 is 10.2 Å². The molecule has 0 saturated heterocycles. The molecule has 0 bridgehead atoms. The second kappa shape index (κ2) is 11.2. The summed E-state index contributed by atoms with van der Waals surface area (Å²) in [6.45, 7) is 7.14. The van der Waals surface area contributed by atoms with Gasteiger partial charge in [-0.15, -0.1) is 0 Å². The van der Waals surface area contributed by atoms with Gasteiger partial charge in [0.25, 0.3) is 9.05 Å². The van der Waals surface area contributed by atoms with E-state index in [4.69, 9.17) is 49.2 Å². The number of sulfonamides is 1. The molecular formula is C20H22Cl3NO8S2. The molecule has 0 radical (unpaired) electrons. The van der Waals surface area contributed by atoms with Gasteiger partial charge in [-0.2, -0.15) is 0 Å². The molecule has 2 aromatic rings. The van der Waals surface area contributed by atoms with Crippen LogP contribution in [0.25, 0.3) is 0 Å². The second-order valence-corrected chi connectivity index (χ2v) is 12.5. The van der Waals surface area contributed by atoms with Gasteiger partial charge in [-0.25, -0.2) is 31.6 Å². The van der Waals surface area contributed by atoms with Crippen LogP contribution in [-0.2, 0) is 19.1 Å². The van der Waals surface area contributed by atoms with E-state index in [1.807, 2.05) is 0 Å². The van der Waals surface area contributed by atoms with Crippen molar-refractivity contribution in [2.45, 2.75) is 49.3 Å². The summed E-state index contributed by atoms with van der Waals surface area (Å²) < 4.78 is 44.8. The molecule has 2 aromatic carbocycles. The first-order chi connectivity index (χ1) is 15.3. The summed E-state index contributed by atoms with van der Waals surface area (Å²) in [7, 11) is -2.92. The van der Waals surface area contributed by atoms with E-state index in [0.717, 1.165) is 12.1 Å². The van der Waals surface area contributed by atoms with Crippen molar-refractivity contribution in [2.75, 3.05) is 0 Å². The summed E-state index contributed by atoms with van der Waals surface area (Å²) in [6, 6.07) is 4.64. The van der Waals surface area contributed by atoms with Gasteiger partial charge >= 0.3 is 11.9 Å². The van der Waals surface area contributed by atoms with Crippen LogP contribution in [0.5, 0.6) is 0 Å². The number of halogens is 3. The Bertz CT molecular complexity index is 1230. The maximum atomic E-state index is 11.2. The zero-order chi connectivity index (χ0) is 26.8. The average molecular weight is 575 g/mol. The van der Waals surface area contributed by atoms with Gasteiger partial charge in [0.1, 0.15) is 9.79 Å². The number of carboxylic acids is 2. The lowest BCUT2D eigenvalue weighted by Gasteiger charge is -2.12. The molecule has 2 rings (SSSR count). The van der Waals surface area contributed by atoms with Crippen molar-refractivity contribution in [3.63, 3.8) is 0 Å². The second-order valence-electron chi connectivity index (χ2n) is 7.64. The first-order valence-electron chi connectivity index (χ1n) is 9.39. The number of benzene rings is 2. The van der Waals surface area contributed by atoms with Crippen LogP contribution < -0.4 is 5.14 Å². The highest BCUT2D eigenvalue weighted by atomic mass is 35.7. The van der Waals surface area contributed by atoms with Gasteiger partial charge in [-0.1, -0.05) is 50.9 Å². The number of carboxylic acid groups (broad SMARTS) is 2. The van der Waals surface area contributed by atoms with E-state index in [9.17, 15) is 26.4 Å². The summed E-state index contributed by atoms with van der Waals surface area (Å²) in [5.41, 5.74) is 0.721. The fourth-order valence-electron chi connectivity index (χ4n) is 2.87. The van der Waals surface area contributed by atoms with Gasteiger partial charge in [-0.05, 0) is 47.2 Å². The minimum atomic E-state index is -4.06. The predicted octanol–water partition coefficient (Wildman–Crippen LogP) is 4.90. The molecular weight excluding hydrogens is 553 g/mol. The number of hydrogen-bond donors (Lipinski definition) is 3. The molecule has 0 amide bonds. The van der Waals surface area contributed by atoms with Crippen LogP contribution >= 0.6 is 33.9 Å². The third kappa shape index (κ3) is 7.56. The maximum Gasteiger partial charge on any atom is 0.336 e. The normalized spacial score (nSPS) is 11.8. The van der Waals surface area contributed by atoms with E-state index in [1.54, 1.807) is 27.7 Å². The van der Waals surface area contributed by atoms with Crippen molar-refractivity contribution in [2.24, 2.45) is 5.14 Å². The highest BCUT2D eigenvalue weighted by molar-refractivity contribution is 8.13. The topological polar surface area (TPSA) is 169 Å². The Labute approximate surface area is 211 Å². The Hall–Kier alpha value is -1.89. The molecule has 4 N–H and O–H groups in total. The highest BCUT2D eigenvalue weighted by Crippen LogP contribution is 2.32. The van der Waals surface area contributed by atoms with Crippen molar-refractivity contribution < 1.29 is 36.6 Å². The van der Waals surface area contributed by atoms with Crippen molar-refractivity contribution in [3.8, 4) is 0 Å². The van der Waals surface area contributed by atoms with Crippen LogP contribution in [0, 0.1) is 0 Å².